The van der Waals surface area contributed by atoms with Crippen molar-refractivity contribution < 1.29 is 9.59 Å². The van der Waals surface area contributed by atoms with Crippen LogP contribution in [0.25, 0.3) is 21.8 Å². The smallest absolute Gasteiger partial charge is 0.231 e. The number of hydrogen-bond acceptors (Lipinski definition) is 4. The highest BCUT2D eigenvalue weighted by Crippen LogP contribution is 2.27. The minimum absolute atomic E-state index is 0.750. The van der Waals surface area contributed by atoms with Crippen LogP contribution in [-0.2, 0) is 16.0 Å². The summed E-state index contributed by atoms with van der Waals surface area (Å²) in [5.41, 5.74) is 3.92. The van der Waals surface area contributed by atoms with E-state index in [1.165, 1.54) is 27.4 Å². The first-order chi connectivity index (χ1) is 10.2. The summed E-state index contributed by atoms with van der Waals surface area (Å²) in [4.78, 5) is 20.2. The summed E-state index contributed by atoms with van der Waals surface area (Å²) < 4.78 is 0. The molecule has 5 heteroatoms. The zero-order valence-electron chi connectivity index (χ0n) is 11.6. The molecule has 0 aliphatic carbocycles. The van der Waals surface area contributed by atoms with Crippen molar-refractivity contribution in [2.75, 3.05) is 0 Å². The molecule has 0 saturated carbocycles. The Hall–Kier alpha value is -3.00. The van der Waals surface area contributed by atoms with Crippen molar-refractivity contribution in [1.82, 2.24) is 4.98 Å². The number of isocyanates is 2. The summed E-state index contributed by atoms with van der Waals surface area (Å²) >= 11 is 0. The number of fused-ring (bicyclic) bond motifs is 3. The fraction of sp³-hybridized carbons (Fsp3) is 0.125. The number of hydrogen-bond donors (Lipinski definition) is 3. The molecule has 0 amide bonds. The second-order valence-corrected chi connectivity index (χ2v) is 4.07. The standard InChI is InChI=1S/C14H13N.2CHNO/c1-2-10-6-5-8-12-11-7-3-4-9-13(11)15-14(10)12;2*2-1-3/h3-9,15H,2H2,1H3;2*2H. The lowest BCUT2D eigenvalue weighted by molar-refractivity contribution is 0.562. The van der Waals surface area contributed by atoms with E-state index in [1.54, 1.807) is 0 Å². The molecule has 3 aromatic rings. The quantitative estimate of drug-likeness (QED) is 0.468. The minimum atomic E-state index is 0.750. The number of nitrogens with one attached hydrogen (secondary N) is 3. The lowest BCUT2D eigenvalue weighted by Crippen LogP contribution is -1.80. The molecule has 0 fully saturated rings. The summed E-state index contributed by atoms with van der Waals surface area (Å²) in [6.07, 6.45) is 2.57. The largest absolute Gasteiger partial charge is 0.354 e. The third-order valence-electron chi connectivity index (χ3n) is 3.01. The van der Waals surface area contributed by atoms with Gasteiger partial charge in [-0.15, -0.1) is 0 Å². The van der Waals surface area contributed by atoms with Crippen LogP contribution in [0.4, 0.5) is 0 Å². The van der Waals surface area contributed by atoms with Crippen LogP contribution in [-0.4, -0.2) is 17.1 Å². The van der Waals surface area contributed by atoms with E-state index in [1.807, 2.05) is 0 Å². The summed E-state index contributed by atoms with van der Waals surface area (Å²) in [5.74, 6) is 0. The number of carbonyl (C=O) groups excluding carboxylic acids is 2. The van der Waals surface area contributed by atoms with E-state index in [-0.39, 0.29) is 0 Å². The van der Waals surface area contributed by atoms with Crippen LogP contribution >= 0.6 is 0 Å². The van der Waals surface area contributed by atoms with Crippen LogP contribution in [0.3, 0.4) is 0 Å². The van der Waals surface area contributed by atoms with E-state index in [9.17, 15) is 0 Å². The van der Waals surface area contributed by atoms with E-state index < -0.39 is 0 Å². The Kier molecular flexibility index (Phi) is 6.29. The lowest BCUT2D eigenvalue weighted by atomic mass is 10.1. The molecule has 0 radical (unpaired) electrons. The van der Waals surface area contributed by atoms with Gasteiger partial charge in [-0.3, -0.25) is 0 Å². The molecular weight excluding hydrogens is 266 g/mol. The van der Waals surface area contributed by atoms with Gasteiger partial charge in [0.05, 0.1) is 0 Å². The normalized spacial score (nSPS) is 8.81. The Morgan fingerprint density at radius 3 is 2.14 bits per heavy atom. The molecule has 0 aliphatic heterocycles. The maximum absolute atomic E-state index is 8.35. The second kappa shape index (κ2) is 8.23. The maximum Gasteiger partial charge on any atom is 0.231 e. The minimum Gasteiger partial charge on any atom is -0.354 e. The molecule has 0 bridgehead atoms. The molecule has 0 saturated heterocycles. The number of para-hydroxylation sites is 2. The van der Waals surface area contributed by atoms with Crippen molar-refractivity contribution in [1.29, 1.82) is 10.8 Å². The lowest BCUT2D eigenvalue weighted by Gasteiger charge is -1.97. The number of aryl methyl sites for hydroxylation is 1. The van der Waals surface area contributed by atoms with Crippen molar-refractivity contribution in [3.05, 3.63) is 48.0 Å². The van der Waals surface area contributed by atoms with E-state index in [2.05, 4.69) is 54.4 Å². The molecule has 3 N–H and O–H groups in total. The van der Waals surface area contributed by atoms with Crippen LogP contribution in [0.2, 0.25) is 0 Å². The van der Waals surface area contributed by atoms with Crippen molar-refractivity contribution in [3.63, 3.8) is 0 Å². The molecule has 0 atom stereocenters. The van der Waals surface area contributed by atoms with Crippen molar-refractivity contribution in [2.24, 2.45) is 0 Å². The number of aromatic nitrogens is 1. The molecule has 1 aromatic heterocycles. The van der Waals surface area contributed by atoms with Gasteiger partial charge in [0.1, 0.15) is 0 Å². The second-order valence-electron chi connectivity index (χ2n) is 4.07. The molecule has 3 rings (SSSR count). The first-order valence-corrected chi connectivity index (χ1v) is 6.29. The predicted octanol–water partition coefficient (Wildman–Crippen LogP) is 3.69. The van der Waals surface area contributed by atoms with Gasteiger partial charge in [-0.2, -0.15) is 0 Å². The van der Waals surface area contributed by atoms with Gasteiger partial charge in [-0.25, -0.2) is 20.4 Å². The van der Waals surface area contributed by atoms with E-state index in [0.29, 0.717) is 0 Å². The molecule has 0 spiro atoms. The molecular formula is C16H15N3O2. The highest BCUT2D eigenvalue weighted by Gasteiger charge is 2.05. The van der Waals surface area contributed by atoms with Gasteiger partial charge in [0, 0.05) is 21.8 Å². The summed E-state index contributed by atoms with van der Waals surface area (Å²) in [6, 6.07) is 15.0. The average Bonchev–Trinajstić information content (AvgIpc) is 2.87. The third-order valence-corrected chi connectivity index (χ3v) is 3.01. The van der Waals surface area contributed by atoms with Crippen LogP contribution in [0.5, 0.6) is 0 Å². The maximum atomic E-state index is 8.35. The van der Waals surface area contributed by atoms with Crippen LogP contribution < -0.4 is 0 Å². The van der Waals surface area contributed by atoms with Crippen molar-refractivity contribution >= 4 is 34.0 Å². The number of aromatic amines is 1. The monoisotopic (exact) mass is 281 g/mol. The average molecular weight is 281 g/mol. The van der Waals surface area contributed by atoms with Crippen LogP contribution in [0.1, 0.15) is 12.5 Å². The topological polar surface area (TPSA) is 97.6 Å². The zero-order chi connectivity index (χ0) is 15.7. The number of benzene rings is 2. The molecule has 1 heterocycles. The number of H-pyrrole nitrogens is 1. The molecule has 106 valence electrons. The summed E-state index contributed by atoms with van der Waals surface area (Å²) in [5, 5.41) is 13.5. The van der Waals surface area contributed by atoms with Gasteiger partial charge in [0.25, 0.3) is 0 Å². The van der Waals surface area contributed by atoms with Gasteiger partial charge >= 0.3 is 0 Å². The van der Waals surface area contributed by atoms with Crippen LogP contribution in [0.15, 0.2) is 42.5 Å². The molecule has 0 aliphatic rings. The van der Waals surface area contributed by atoms with Gasteiger partial charge in [-0.1, -0.05) is 43.3 Å². The number of rotatable bonds is 1. The fourth-order valence-corrected chi connectivity index (χ4v) is 2.23. The van der Waals surface area contributed by atoms with E-state index in [0.717, 1.165) is 18.6 Å². The fourth-order valence-electron chi connectivity index (χ4n) is 2.23. The Morgan fingerprint density at radius 1 is 0.952 bits per heavy atom. The van der Waals surface area contributed by atoms with E-state index in [4.69, 9.17) is 20.4 Å². The van der Waals surface area contributed by atoms with Crippen LogP contribution in [0, 0.1) is 10.8 Å². The summed E-state index contributed by atoms with van der Waals surface area (Å²) in [7, 11) is 0. The Balaban J connectivity index is 0.000000321. The van der Waals surface area contributed by atoms with Gasteiger partial charge in [0.2, 0.25) is 12.2 Å². The molecule has 0 unspecified atom stereocenters. The Morgan fingerprint density at radius 2 is 1.52 bits per heavy atom. The van der Waals surface area contributed by atoms with Gasteiger partial charge in [-0.05, 0) is 18.1 Å². The summed E-state index contributed by atoms with van der Waals surface area (Å²) in [6.45, 7) is 2.19. The Bertz CT molecular complexity index is 781. The highest BCUT2D eigenvalue weighted by molar-refractivity contribution is 6.08. The van der Waals surface area contributed by atoms with Crippen molar-refractivity contribution in [2.45, 2.75) is 13.3 Å². The Labute approximate surface area is 121 Å². The highest BCUT2D eigenvalue weighted by atomic mass is 16.1. The predicted molar refractivity (Wildman–Crippen MR) is 82.0 cm³/mol. The molecule has 21 heavy (non-hydrogen) atoms. The molecule has 2 aromatic carbocycles. The van der Waals surface area contributed by atoms with Crippen molar-refractivity contribution in [3.8, 4) is 0 Å². The zero-order valence-corrected chi connectivity index (χ0v) is 11.6. The van der Waals surface area contributed by atoms with Gasteiger partial charge in [0.15, 0.2) is 0 Å². The first kappa shape index (κ1) is 16.1. The third kappa shape index (κ3) is 3.74. The molecule has 5 nitrogen and oxygen atoms in total. The van der Waals surface area contributed by atoms with E-state index >= 15 is 0 Å². The first-order valence-electron chi connectivity index (χ1n) is 6.29. The van der Waals surface area contributed by atoms with Gasteiger partial charge < -0.3 is 4.98 Å². The SMILES string of the molecule is CCc1cccc2c1[nH]c1ccccc12.N=C=O.N=C=O.